The van der Waals surface area contributed by atoms with Crippen LogP contribution in [-0.4, -0.2) is 30.2 Å². The number of rotatable bonds is 7. The van der Waals surface area contributed by atoms with Crippen LogP contribution in [-0.2, 0) is 13.1 Å². The molecule has 2 rings (SSSR count). The van der Waals surface area contributed by atoms with Gasteiger partial charge in [0.2, 0.25) is 0 Å². The van der Waals surface area contributed by atoms with Gasteiger partial charge in [0.05, 0.1) is 19.4 Å². The molecule has 1 aliphatic carbocycles. The zero-order valence-electron chi connectivity index (χ0n) is 11.0. The monoisotopic (exact) mass is 276 g/mol. The van der Waals surface area contributed by atoms with Crippen molar-refractivity contribution in [3.05, 3.63) is 23.7 Å². The Hall–Kier alpha value is -1.01. The molecule has 1 N–H and O–H groups in total. The van der Waals surface area contributed by atoms with E-state index in [1.54, 1.807) is 12.3 Å². The van der Waals surface area contributed by atoms with Gasteiger partial charge in [-0.3, -0.25) is 4.90 Å². The number of furan rings is 1. The predicted molar refractivity (Wildman–Crippen MR) is 65.6 cm³/mol. The van der Waals surface area contributed by atoms with E-state index in [1.165, 1.54) is 4.90 Å². The number of halogens is 3. The molecule has 0 spiro atoms. The maximum absolute atomic E-state index is 12.5. The van der Waals surface area contributed by atoms with Crippen molar-refractivity contribution in [3.8, 4) is 0 Å². The maximum atomic E-state index is 12.5. The lowest BCUT2D eigenvalue weighted by Crippen LogP contribution is -2.35. The summed E-state index contributed by atoms with van der Waals surface area (Å²) in [4.78, 5) is 1.50. The van der Waals surface area contributed by atoms with E-state index < -0.39 is 12.7 Å². The molecule has 1 aromatic heterocycles. The van der Waals surface area contributed by atoms with Gasteiger partial charge in [-0.25, -0.2) is 0 Å². The van der Waals surface area contributed by atoms with E-state index in [9.17, 15) is 13.2 Å². The van der Waals surface area contributed by atoms with E-state index in [4.69, 9.17) is 4.42 Å². The van der Waals surface area contributed by atoms with Crippen molar-refractivity contribution in [1.29, 1.82) is 0 Å². The average molecular weight is 276 g/mol. The van der Waals surface area contributed by atoms with Crippen LogP contribution in [0.15, 0.2) is 16.7 Å². The highest BCUT2D eigenvalue weighted by atomic mass is 19.4. The summed E-state index contributed by atoms with van der Waals surface area (Å²) in [5.74, 6) is 0.731. The highest BCUT2D eigenvalue weighted by Gasteiger charge is 2.38. The lowest BCUT2D eigenvalue weighted by molar-refractivity contribution is -0.148. The highest BCUT2D eigenvalue weighted by molar-refractivity contribution is 5.17. The molecule has 19 heavy (non-hydrogen) atoms. The molecule has 108 valence electrons. The Morgan fingerprint density at radius 2 is 2.16 bits per heavy atom. The number of hydrogen-bond acceptors (Lipinski definition) is 3. The molecule has 0 aliphatic heterocycles. The fourth-order valence-electron chi connectivity index (χ4n) is 2.10. The first-order chi connectivity index (χ1) is 8.99. The minimum Gasteiger partial charge on any atom is -0.468 e. The van der Waals surface area contributed by atoms with E-state index in [2.05, 4.69) is 5.32 Å². The molecule has 0 radical (unpaired) electrons. The molecule has 6 heteroatoms. The van der Waals surface area contributed by atoms with Gasteiger partial charge in [-0.1, -0.05) is 6.92 Å². The van der Waals surface area contributed by atoms with Crippen LogP contribution in [0.1, 0.15) is 31.1 Å². The zero-order valence-corrected chi connectivity index (χ0v) is 11.0. The summed E-state index contributed by atoms with van der Waals surface area (Å²) in [6, 6.07) is 1.84. The van der Waals surface area contributed by atoms with Gasteiger partial charge in [0.15, 0.2) is 0 Å². The van der Waals surface area contributed by atoms with Gasteiger partial charge < -0.3 is 9.73 Å². The van der Waals surface area contributed by atoms with Crippen LogP contribution in [0.5, 0.6) is 0 Å². The summed E-state index contributed by atoms with van der Waals surface area (Å²) >= 11 is 0. The number of nitrogens with zero attached hydrogens (tertiary/aromatic N) is 1. The van der Waals surface area contributed by atoms with Gasteiger partial charge in [0, 0.05) is 18.2 Å². The summed E-state index contributed by atoms with van der Waals surface area (Å²) in [5, 5.41) is 3.12. The maximum Gasteiger partial charge on any atom is 0.401 e. The second kappa shape index (κ2) is 5.96. The molecule has 0 atom stereocenters. The first-order valence-corrected chi connectivity index (χ1v) is 6.56. The molecule has 3 nitrogen and oxygen atoms in total. The van der Waals surface area contributed by atoms with Crippen molar-refractivity contribution < 1.29 is 17.6 Å². The smallest absolute Gasteiger partial charge is 0.401 e. The van der Waals surface area contributed by atoms with Crippen molar-refractivity contribution in [1.82, 2.24) is 10.2 Å². The van der Waals surface area contributed by atoms with Crippen LogP contribution in [0.3, 0.4) is 0 Å². The average Bonchev–Trinajstić information content (AvgIpc) is 3.07. The molecule has 0 saturated heterocycles. The molecule has 1 heterocycles. The lowest BCUT2D eigenvalue weighted by atomic mass is 10.2. The van der Waals surface area contributed by atoms with Crippen LogP contribution in [0.2, 0.25) is 0 Å². The first kappa shape index (κ1) is 14.4. The molecule has 0 amide bonds. The van der Waals surface area contributed by atoms with E-state index in [-0.39, 0.29) is 6.04 Å². The zero-order chi connectivity index (χ0) is 13.9. The van der Waals surface area contributed by atoms with E-state index in [1.807, 2.05) is 6.92 Å². The lowest BCUT2D eigenvalue weighted by Gasteiger charge is -2.23. The van der Waals surface area contributed by atoms with E-state index in [0.29, 0.717) is 13.1 Å². The standard InChI is InChI=1S/C13H19F3N2O/c1-2-17-7-12-10(5-6-19-12)8-18(11-3-4-11)9-13(14,15)16/h5-6,11,17H,2-4,7-9H2,1H3. The normalized spacial score (nSPS) is 16.3. The molecule has 1 saturated carbocycles. The SMILES string of the molecule is CCNCc1occc1CN(CC(F)(F)F)C1CC1. The molecule has 1 fully saturated rings. The Bertz CT molecular complexity index is 399. The van der Waals surface area contributed by atoms with Crippen molar-refractivity contribution in [2.75, 3.05) is 13.1 Å². The molecule has 0 bridgehead atoms. The van der Waals surface area contributed by atoms with Gasteiger partial charge in [-0.2, -0.15) is 13.2 Å². The van der Waals surface area contributed by atoms with Crippen LogP contribution in [0.4, 0.5) is 13.2 Å². The minimum absolute atomic E-state index is 0.0727. The third-order valence-electron chi connectivity index (χ3n) is 3.19. The van der Waals surface area contributed by atoms with Crippen molar-refractivity contribution in [2.24, 2.45) is 0 Å². The summed E-state index contributed by atoms with van der Waals surface area (Å²) in [6.07, 6.45) is -0.887. The Morgan fingerprint density at radius 1 is 1.42 bits per heavy atom. The minimum atomic E-state index is -4.14. The predicted octanol–water partition coefficient (Wildman–Crippen LogP) is 2.92. The van der Waals surface area contributed by atoms with Crippen LogP contribution in [0.25, 0.3) is 0 Å². The molecule has 0 aromatic carbocycles. The Kier molecular flexibility index (Phi) is 4.52. The topological polar surface area (TPSA) is 28.4 Å². The van der Waals surface area contributed by atoms with Gasteiger partial charge in [0.25, 0.3) is 0 Å². The molecular formula is C13H19F3N2O. The Balaban J connectivity index is 1.98. The van der Waals surface area contributed by atoms with E-state index >= 15 is 0 Å². The van der Waals surface area contributed by atoms with Crippen LogP contribution < -0.4 is 5.32 Å². The fourth-order valence-corrected chi connectivity index (χ4v) is 2.10. The molecule has 1 aliphatic rings. The van der Waals surface area contributed by atoms with Gasteiger partial charge in [-0.05, 0) is 25.5 Å². The van der Waals surface area contributed by atoms with Gasteiger partial charge in [0.1, 0.15) is 5.76 Å². The fraction of sp³-hybridized carbons (Fsp3) is 0.692. The second-order valence-electron chi connectivity index (χ2n) is 4.90. The van der Waals surface area contributed by atoms with Crippen LogP contribution >= 0.6 is 0 Å². The summed E-state index contributed by atoms with van der Waals surface area (Å²) < 4.78 is 43.0. The number of hydrogen-bond donors (Lipinski definition) is 1. The molecule has 0 unspecified atom stereocenters. The number of nitrogens with one attached hydrogen (secondary N) is 1. The number of alkyl halides is 3. The Morgan fingerprint density at radius 3 is 2.74 bits per heavy atom. The van der Waals surface area contributed by atoms with E-state index in [0.717, 1.165) is 30.7 Å². The first-order valence-electron chi connectivity index (χ1n) is 6.56. The van der Waals surface area contributed by atoms with Crippen molar-refractivity contribution in [2.45, 2.75) is 45.1 Å². The van der Waals surface area contributed by atoms with Gasteiger partial charge >= 0.3 is 6.18 Å². The van der Waals surface area contributed by atoms with Crippen LogP contribution in [0, 0.1) is 0 Å². The van der Waals surface area contributed by atoms with Crippen molar-refractivity contribution >= 4 is 0 Å². The third kappa shape index (κ3) is 4.54. The van der Waals surface area contributed by atoms with Crippen molar-refractivity contribution in [3.63, 3.8) is 0 Å². The summed E-state index contributed by atoms with van der Waals surface area (Å²) in [5.41, 5.74) is 0.845. The second-order valence-corrected chi connectivity index (χ2v) is 4.90. The largest absolute Gasteiger partial charge is 0.468 e. The Labute approximate surface area is 110 Å². The third-order valence-corrected chi connectivity index (χ3v) is 3.19. The molecule has 1 aromatic rings. The summed E-state index contributed by atoms with van der Waals surface area (Å²) in [7, 11) is 0. The van der Waals surface area contributed by atoms with Gasteiger partial charge in [-0.15, -0.1) is 0 Å². The quantitative estimate of drug-likeness (QED) is 0.830. The highest BCUT2D eigenvalue weighted by Crippen LogP contribution is 2.32. The summed E-state index contributed by atoms with van der Waals surface area (Å²) in [6.45, 7) is 2.80. The molecular weight excluding hydrogens is 257 g/mol.